The molecule has 204 valence electrons. The van der Waals surface area contributed by atoms with E-state index in [4.69, 9.17) is 9.47 Å². The van der Waals surface area contributed by atoms with Gasteiger partial charge in [0.05, 0.1) is 38.6 Å². The number of fused-ring (bicyclic) bond motifs is 5. The summed E-state index contributed by atoms with van der Waals surface area (Å²) in [4.78, 5) is 0. The van der Waals surface area contributed by atoms with Crippen molar-refractivity contribution in [3.05, 3.63) is 0 Å². The molecule has 0 amide bonds. The Labute approximate surface area is 215 Å². The molecular weight excluding hydrogens is 436 g/mol. The Morgan fingerprint density at radius 3 is 2.17 bits per heavy atom. The summed E-state index contributed by atoms with van der Waals surface area (Å²) in [6, 6.07) is 0. The zero-order valence-corrected chi connectivity index (χ0v) is 23.5. The number of aliphatic hydroxyl groups excluding tert-OH is 2. The Morgan fingerprint density at radius 1 is 0.771 bits per heavy atom. The van der Waals surface area contributed by atoms with Crippen LogP contribution in [0.2, 0.25) is 0 Å². The van der Waals surface area contributed by atoms with E-state index in [1.165, 1.54) is 57.8 Å². The van der Waals surface area contributed by atoms with Gasteiger partial charge >= 0.3 is 0 Å². The minimum atomic E-state index is 0.102. The molecule has 4 heteroatoms. The minimum absolute atomic E-state index is 0.102. The molecule has 0 aromatic rings. The van der Waals surface area contributed by atoms with E-state index in [0.717, 1.165) is 48.3 Å². The van der Waals surface area contributed by atoms with Crippen molar-refractivity contribution in [2.24, 2.45) is 52.3 Å². The van der Waals surface area contributed by atoms with Crippen LogP contribution in [-0.4, -0.2) is 48.8 Å². The molecule has 0 bridgehead atoms. The Hall–Kier alpha value is -0.160. The lowest BCUT2D eigenvalue weighted by molar-refractivity contribution is -0.192. The molecule has 4 saturated carbocycles. The van der Waals surface area contributed by atoms with Gasteiger partial charge in [-0.1, -0.05) is 53.9 Å². The summed E-state index contributed by atoms with van der Waals surface area (Å²) in [5, 5.41) is 18.8. The summed E-state index contributed by atoms with van der Waals surface area (Å²) >= 11 is 0. The molecule has 35 heavy (non-hydrogen) atoms. The Kier molecular flexibility index (Phi) is 9.32. The highest BCUT2D eigenvalue weighted by Gasteiger charge is 2.62. The van der Waals surface area contributed by atoms with Crippen LogP contribution < -0.4 is 0 Å². The topological polar surface area (TPSA) is 58.9 Å². The van der Waals surface area contributed by atoms with Gasteiger partial charge in [-0.3, -0.25) is 0 Å². The first kappa shape index (κ1) is 27.9. The lowest BCUT2D eigenvalue weighted by Gasteiger charge is -2.63. The van der Waals surface area contributed by atoms with Crippen LogP contribution in [0.25, 0.3) is 0 Å². The third kappa shape index (κ3) is 5.52. The molecule has 4 rings (SSSR count). The first-order chi connectivity index (χ1) is 16.7. The molecular formula is C31H56O4. The van der Waals surface area contributed by atoms with Crippen LogP contribution in [0.3, 0.4) is 0 Å². The maximum absolute atomic E-state index is 9.57. The summed E-state index contributed by atoms with van der Waals surface area (Å²) in [5.74, 6) is 5.44. The van der Waals surface area contributed by atoms with Gasteiger partial charge in [0.25, 0.3) is 0 Å². The largest absolute Gasteiger partial charge is 0.394 e. The van der Waals surface area contributed by atoms with Gasteiger partial charge in [0.15, 0.2) is 0 Å². The average Bonchev–Trinajstić information content (AvgIpc) is 3.18. The van der Waals surface area contributed by atoms with Crippen LogP contribution in [0, 0.1) is 52.3 Å². The lowest BCUT2D eigenvalue weighted by Crippen LogP contribution is -2.59. The molecule has 4 aliphatic carbocycles. The monoisotopic (exact) mass is 492 g/mol. The highest BCUT2D eigenvalue weighted by Crippen LogP contribution is 2.68. The van der Waals surface area contributed by atoms with Gasteiger partial charge in [0.2, 0.25) is 0 Å². The van der Waals surface area contributed by atoms with Crippen molar-refractivity contribution in [2.45, 2.75) is 117 Å². The zero-order chi connectivity index (χ0) is 25.2. The Balaban J connectivity index is 1.51. The first-order valence-electron chi connectivity index (χ1n) is 15.2. The second-order valence-electron chi connectivity index (χ2n) is 13.9. The second kappa shape index (κ2) is 11.7. The highest BCUT2D eigenvalue weighted by atomic mass is 16.5. The van der Waals surface area contributed by atoms with E-state index in [0.29, 0.717) is 30.0 Å². The van der Waals surface area contributed by atoms with E-state index in [1.807, 2.05) is 0 Å². The van der Waals surface area contributed by atoms with E-state index < -0.39 is 0 Å². The Bertz CT molecular complexity index is 666. The normalized spacial score (nSPS) is 44.1. The van der Waals surface area contributed by atoms with E-state index >= 15 is 0 Å². The molecule has 0 aromatic carbocycles. The number of aliphatic hydroxyl groups is 2. The third-order valence-corrected chi connectivity index (χ3v) is 11.7. The molecule has 0 radical (unpaired) electrons. The third-order valence-electron chi connectivity index (χ3n) is 11.7. The summed E-state index contributed by atoms with van der Waals surface area (Å²) < 4.78 is 12.5. The predicted molar refractivity (Wildman–Crippen MR) is 142 cm³/mol. The SMILES string of the molecule is CC(C)CCC[C@@H](C)[C@H]1CC[C@H]2[C@@H]3C[C@@H](OCCO)[C@H]4C[C@@H](OCCO)CC[C@]4(C)[C@H]3CC[C@]12C. The van der Waals surface area contributed by atoms with E-state index in [2.05, 4.69) is 34.6 Å². The van der Waals surface area contributed by atoms with Gasteiger partial charge in [0.1, 0.15) is 0 Å². The molecule has 0 heterocycles. The number of ether oxygens (including phenoxy) is 2. The van der Waals surface area contributed by atoms with E-state index in [9.17, 15) is 10.2 Å². The van der Waals surface area contributed by atoms with Crippen molar-refractivity contribution in [1.82, 2.24) is 0 Å². The molecule has 0 aromatic heterocycles. The fourth-order valence-corrected chi connectivity index (χ4v) is 10.0. The van der Waals surface area contributed by atoms with Crippen LogP contribution in [0.4, 0.5) is 0 Å². The molecule has 0 spiro atoms. The number of hydrogen-bond donors (Lipinski definition) is 2. The second-order valence-corrected chi connectivity index (χ2v) is 13.9. The van der Waals surface area contributed by atoms with Crippen molar-refractivity contribution in [2.75, 3.05) is 26.4 Å². The quantitative estimate of drug-likeness (QED) is 0.347. The molecule has 10 atom stereocenters. The molecule has 0 unspecified atom stereocenters. The van der Waals surface area contributed by atoms with Gasteiger partial charge in [-0.15, -0.1) is 0 Å². The highest BCUT2D eigenvalue weighted by molar-refractivity contribution is 5.11. The first-order valence-corrected chi connectivity index (χ1v) is 15.2. The molecule has 4 fully saturated rings. The van der Waals surface area contributed by atoms with Gasteiger partial charge in [-0.25, -0.2) is 0 Å². The average molecular weight is 493 g/mol. The lowest BCUT2D eigenvalue weighted by atomic mass is 9.43. The van der Waals surface area contributed by atoms with Crippen molar-refractivity contribution in [1.29, 1.82) is 0 Å². The van der Waals surface area contributed by atoms with Crippen LogP contribution in [0.1, 0.15) is 105 Å². The maximum atomic E-state index is 9.57. The summed E-state index contributed by atoms with van der Waals surface area (Å²) in [6.45, 7) is 13.6. The molecule has 0 aliphatic heterocycles. The fraction of sp³-hybridized carbons (Fsp3) is 1.00. The number of rotatable bonds is 11. The molecule has 4 nitrogen and oxygen atoms in total. The van der Waals surface area contributed by atoms with Gasteiger partial charge in [-0.2, -0.15) is 0 Å². The van der Waals surface area contributed by atoms with Gasteiger partial charge < -0.3 is 19.7 Å². The van der Waals surface area contributed by atoms with Crippen molar-refractivity contribution >= 4 is 0 Å². The molecule has 0 saturated heterocycles. The minimum Gasteiger partial charge on any atom is -0.394 e. The molecule has 2 N–H and O–H groups in total. The van der Waals surface area contributed by atoms with Gasteiger partial charge in [-0.05, 0) is 104 Å². The molecule has 4 aliphatic rings. The van der Waals surface area contributed by atoms with E-state index in [-0.39, 0.29) is 25.4 Å². The van der Waals surface area contributed by atoms with Crippen molar-refractivity contribution in [3.8, 4) is 0 Å². The smallest absolute Gasteiger partial charge is 0.0701 e. The Morgan fingerprint density at radius 2 is 1.46 bits per heavy atom. The standard InChI is InChI=1S/C31H56O4/c1-21(2)7-6-8-22(3)25-9-10-26-24-20-29(35-18-16-33)28-19-23(34-17-15-32)11-13-31(28,5)27(24)12-14-30(25,26)4/h21-29,32-33H,6-20H2,1-5H3/t22-,23+,24+,25-,26+,27+,28-,29-,30-,31-/m1/s1. The maximum Gasteiger partial charge on any atom is 0.0701 e. The van der Waals surface area contributed by atoms with Crippen LogP contribution in [-0.2, 0) is 9.47 Å². The van der Waals surface area contributed by atoms with Crippen LogP contribution in [0.15, 0.2) is 0 Å². The number of hydrogen-bond acceptors (Lipinski definition) is 4. The predicted octanol–water partition coefficient (Wildman–Crippen LogP) is 6.47. The van der Waals surface area contributed by atoms with E-state index in [1.54, 1.807) is 0 Å². The summed E-state index contributed by atoms with van der Waals surface area (Å²) in [5.41, 5.74) is 0.801. The summed E-state index contributed by atoms with van der Waals surface area (Å²) in [7, 11) is 0. The van der Waals surface area contributed by atoms with Crippen molar-refractivity contribution in [3.63, 3.8) is 0 Å². The van der Waals surface area contributed by atoms with Crippen LogP contribution >= 0.6 is 0 Å². The fourth-order valence-electron chi connectivity index (χ4n) is 10.0. The van der Waals surface area contributed by atoms with Gasteiger partial charge in [0, 0.05) is 0 Å². The summed E-state index contributed by atoms with van der Waals surface area (Å²) in [6.07, 6.45) is 14.8. The van der Waals surface area contributed by atoms with Crippen molar-refractivity contribution < 1.29 is 19.7 Å². The zero-order valence-electron chi connectivity index (χ0n) is 23.5. The van der Waals surface area contributed by atoms with Crippen LogP contribution in [0.5, 0.6) is 0 Å².